The lowest BCUT2D eigenvalue weighted by atomic mass is 10.0. The molecule has 1 fully saturated rings. The average Bonchev–Trinajstić information content (AvgIpc) is 1.77. The molecule has 2 heteroatoms. The Morgan fingerprint density at radius 1 is 0.875 bits per heavy atom. The van der Waals surface area contributed by atoms with Gasteiger partial charge in [-0.25, -0.2) is 0 Å². The molecule has 0 nitrogen and oxygen atoms in total. The SMILES string of the molecule is BrC1CCCC[C@H]1Br. The van der Waals surface area contributed by atoms with Crippen molar-refractivity contribution >= 4 is 31.9 Å². The predicted molar refractivity (Wildman–Crippen MR) is 43.9 cm³/mol. The zero-order valence-electron chi connectivity index (χ0n) is 4.74. The molecule has 0 N–H and O–H groups in total. The second-order valence-electron chi connectivity index (χ2n) is 2.32. The quantitative estimate of drug-likeness (QED) is 0.572. The molecule has 0 aliphatic heterocycles. The highest BCUT2D eigenvalue weighted by Gasteiger charge is 2.18. The fourth-order valence-corrected chi connectivity index (χ4v) is 2.22. The first-order valence-corrected chi connectivity index (χ1v) is 4.92. The van der Waals surface area contributed by atoms with Crippen LogP contribution in [0.1, 0.15) is 25.7 Å². The molecule has 1 aliphatic carbocycles. The molecule has 2 atom stereocenters. The van der Waals surface area contributed by atoms with E-state index in [0.717, 1.165) is 9.65 Å². The van der Waals surface area contributed by atoms with Gasteiger partial charge in [-0.05, 0) is 12.8 Å². The van der Waals surface area contributed by atoms with Gasteiger partial charge in [0.05, 0.1) is 0 Å². The lowest BCUT2D eigenvalue weighted by molar-refractivity contribution is 0.538. The topological polar surface area (TPSA) is 0 Å². The molecule has 8 heavy (non-hydrogen) atoms. The summed E-state index contributed by atoms with van der Waals surface area (Å²) in [5, 5.41) is 0. The van der Waals surface area contributed by atoms with E-state index in [2.05, 4.69) is 31.9 Å². The molecule has 1 rings (SSSR count). The van der Waals surface area contributed by atoms with E-state index < -0.39 is 0 Å². The van der Waals surface area contributed by atoms with Crippen molar-refractivity contribution in [1.29, 1.82) is 0 Å². The van der Waals surface area contributed by atoms with Crippen LogP contribution in [0, 0.1) is 0 Å². The Morgan fingerprint density at radius 3 is 1.50 bits per heavy atom. The molecule has 0 aromatic rings. The van der Waals surface area contributed by atoms with Crippen LogP contribution in [0.25, 0.3) is 0 Å². The maximum Gasteiger partial charge on any atom is 0.0271 e. The van der Waals surface area contributed by atoms with Crippen LogP contribution in [0.15, 0.2) is 0 Å². The van der Waals surface area contributed by atoms with Crippen molar-refractivity contribution in [3.05, 3.63) is 0 Å². The molecular weight excluding hydrogens is 232 g/mol. The van der Waals surface area contributed by atoms with Crippen LogP contribution in [-0.4, -0.2) is 9.65 Å². The Labute approximate surface area is 67.3 Å². The molecule has 1 unspecified atom stereocenters. The molecule has 0 aromatic carbocycles. The Hall–Kier alpha value is 0.960. The molecule has 0 aromatic heterocycles. The fraction of sp³-hybridized carbons (Fsp3) is 1.00. The van der Waals surface area contributed by atoms with Crippen molar-refractivity contribution in [1.82, 2.24) is 0 Å². The Morgan fingerprint density at radius 2 is 1.25 bits per heavy atom. The third kappa shape index (κ3) is 1.73. The van der Waals surface area contributed by atoms with E-state index in [9.17, 15) is 0 Å². The zero-order valence-corrected chi connectivity index (χ0v) is 7.91. The summed E-state index contributed by atoms with van der Waals surface area (Å²) in [5.74, 6) is 0. The smallest absolute Gasteiger partial charge is 0.0271 e. The van der Waals surface area contributed by atoms with Crippen LogP contribution in [0.5, 0.6) is 0 Å². The zero-order chi connectivity index (χ0) is 5.98. The van der Waals surface area contributed by atoms with Gasteiger partial charge in [0.25, 0.3) is 0 Å². The van der Waals surface area contributed by atoms with Crippen LogP contribution in [0.4, 0.5) is 0 Å². The Kier molecular flexibility index (Phi) is 2.84. The number of hydrogen-bond acceptors (Lipinski definition) is 0. The minimum atomic E-state index is 0.733. The van der Waals surface area contributed by atoms with Gasteiger partial charge in [0.2, 0.25) is 0 Å². The van der Waals surface area contributed by atoms with Gasteiger partial charge < -0.3 is 0 Å². The lowest BCUT2D eigenvalue weighted by Crippen LogP contribution is -2.17. The normalized spacial score (nSPS) is 39.8. The second kappa shape index (κ2) is 3.21. The molecule has 48 valence electrons. The van der Waals surface area contributed by atoms with Gasteiger partial charge in [0, 0.05) is 9.65 Å². The second-order valence-corrected chi connectivity index (χ2v) is 4.67. The number of halogens is 2. The van der Waals surface area contributed by atoms with Gasteiger partial charge in [0.1, 0.15) is 0 Å². The first kappa shape index (κ1) is 7.07. The molecule has 0 amide bonds. The van der Waals surface area contributed by atoms with Gasteiger partial charge in [-0.2, -0.15) is 0 Å². The number of rotatable bonds is 0. The van der Waals surface area contributed by atoms with Gasteiger partial charge in [0.15, 0.2) is 0 Å². The molecule has 0 radical (unpaired) electrons. The van der Waals surface area contributed by atoms with Gasteiger partial charge in [-0.15, -0.1) is 0 Å². The lowest BCUT2D eigenvalue weighted by Gasteiger charge is -2.21. The summed E-state index contributed by atoms with van der Waals surface area (Å²) in [6.45, 7) is 0. The summed E-state index contributed by atoms with van der Waals surface area (Å²) < 4.78 is 0. The van der Waals surface area contributed by atoms with Crippen LogP contribution < -0.4 is 0 Å². The van der Waals surface area contributed by atoms with Gasteiger partial charge in [-0.3, -0.25) is 0 Å². The van der Waals surface area contributed by atoms with E-state index in [1.165, 1.54) is 25.7 Å². The third-order valence-corrected chi connectivity index (χ3v) is 4.50. The molecule has 0 bridgehead atoms. The standard InChI is InChI=1S/C6H10Br2/c7-5-3-1-2-4-6(5)8/h5-6H,1-4H2/t5-,6?/m1/s1. The van der Waals surface area contributed by atoms with Crippen molar-refractivity contribution < 1.29 is 0 Å². The summed E-state index contributed by atoms with van der Waals surface area (Å²) in [4.78, 5) is 1.47. The molecule has 1 aliphatic rings. The fourth-order valence-electron chi connectivity index (χ4n) is 1.04. The summed E-state index contributed by atoms with van der Waals surface area (Å²) in [5.41, 5.74) is 0. The first-order valence-electron chi connectivity index (χ1n) is 3.09. The van der Waals surface area contributed by atoms with Crippen molar-refractivity contribution in [2.24, 2.45) is 0 Å². The van der Waals surface area contributed by atoms with E-state index in [4.69, 9.17) is 0 Å². The van der Waals surface area contributed by atoms with Crippen molar-refractivity contribution in [3.63, 3.8) is 0 Å². The largest absolute Gasteiger partial charge is 0.0879 e. The van der Waals surface area contributed by atoms with E-state index >= 15 is 0 Å². The average molecular weight is 242 g/mol. The minimum absolute atomic E-state index is 0.733. The first-order chi connectivity index (χ1) is 3.80. The maximum atomic E-state index is 3.61. The molecule has 0 saturated heterocycles. The highest BCUT2D eigenvalue weighted by molar-refractivity contribution is 9.12. The van der Waals surface area contributed by atoms with E-state index in [0.29, 0.717) is 0 Å². The summed E-state index contributed by atoms with van der Waals surface area (Å²) in [7, 11) is 0. The summed E-state index contributed by atoms with van der Waals surface area (Å²) >= 11 is 7.21. The number of alkyl halides is 2. The minimum Gasteiger partial charge on any atom is -0.0879 e. The maximum absolute atomic E-state index is 3.61. The van der Waals surface area contributed by atoms with Crippen LogP contribution in [0.2, 0.25) is 0 Å². The Bertz CT molecular complexity index is 62.9. The highest BCUT2D eigenvalue weighted by Crippen LogP contribution is 2.29. The van der Waals surface area contributed by atoms with Crippen molar-refractivity contribution in [2.75, 3.05) is 0 Å². The van der Waals surface area contributed by atoms with Crippen LogP contribution >= 0.6 is 31.9 Å². The van der Waals surface area contributed by atoms with E-state index in [1.807, 2.05) is 0 Å². The van der Waals surface area contributed by atoms with Crippen LogP contribution in [-0.2, 0) is 0 Å². The third-order valence-electron chi connectivity index (χ3n) is 1.60. The predicted octanol–water partition coefficient (Wildman–Crippen LogP) is 3.09. The van der Waals surface area contributed by atoms with Crippen molar-refractivity contribution in [3.8, 4) is 0 Å². The Balaban J connectivity index is 2.28. The van der Waals surface area contributed by atoms with E-state index in [-0.39, 0.29) is 0 Å². The van der Waals surface area contributed by atoms with Gasteiger partial charge >= 0.3 is 0 Å². The van der Waals surface area contributed by atoms with Gasteiger partial charge in [-0.1, -0.05) is 44.7 Å². The highest BCUT2D eigenvalue weighted by atomic mass is 79.9. The number of hydrogen-bond donors (Lipinski definition) is 0. The van der Waals surface area contributed by atoms with E-state index in [1.54, 1.807) is 0 Å². The monoisotopic (exact) mass is 240 g/mol. The molecular formula is C6H10Br2. The van der Waals surface area contributed by atoms with Crippen molar-refractivity contribution in [2.45, 2.75) is 35.3 Å². The summed E-state index contributed by atoms with van der Waals surface area (Å²) in [6.07, 6.45) is 5.49. The summed E-state index contributed by atoms with van der Waals surface area (Å²) in [6, 6.07) is 0. The molecule has 1 saturated carbocycles. The van der Waals surface area contributed by atoms with Crippen LogP contribution in [0.3, 0.4) is 0 Å². The molecule has 0 spiro atoms. The molecule has 0 heterocycles.